The van der Waals surface area contributed by atoms with Gasteiger partial charge in [0.2, 0.25) is 5.91 Å². The molecule has 1 saturated heterocycles. The van der Waals surface area contributed by atoms with Crippen molar-refractivity contribution in [2.45, 2.75) is 39.8 Å². The minimum Gasteiger partial charge on any atom is -0.444 e. The van der Waals surface area contributed by atoms with Crippen LogP contribution in [0.1, 0.15) is 32.8 Å². The fraction of sp³-hybridized carbons (Fsp3) is 0.391. The third-order valence-corrected chi connectivity index (χ3v) is 4.92. The van der Waals surface area contributed by atoms with Crippen molar-refractivity contribution in [1.29, 1.82) is 0 Å². The van der Waals surface area contributed by atoms with Gasteiger partial charge in [0.05, 0.1) is 18.8 Å². The number of ether oxygens (including phenoxy) is 1. The SMILES string of the molecule is CC(C)(C)C[C@@H]1CN(c2ccc(-c3ccc(CNC(=O)CN)cc3)c(F)c2)C(=O)O1. The predicted molar refractivity (Wildman–Crippen MR) is 114 cm³/mol. The summed E-state index contributed by atoms with van der Waals surface area (Å²) in [5.41, 5.74) is 7.83. The van der Waals surface area contributed by atoms with Gasteiger partial charge >= 0.3 is 6.09 Å². The first-order chi connectivity index (χ1) is 14.2. The molecular weight excluding hydrogens is 385 g/mol. The molecule has 6 nitrogen and oxygen atoms in total. The summed E-state index contributed by atoms with van der Waals surface area (Å²) in [7, 11) is 0. The molecule has 0 saturated carbocycles. The van der Waals surface area contributed by atoms with Crippen molar-refractivity contribution in [2.24, 2.45) is 11.1 Å². The number of hydrogen-bond acceptors (Lipinski definition) is 4. The number of amides is 2. The molecule has 3 rings (SSSR count). The van der Waals surface area contributed by atoms with Crippen LogP contribution in [0.5, 0.6) is 0 Å². The van der Waals surface area contributed by atoms with E-state index >= 15 is 0 Å². The van der Waals surface area contributed by atoms with Gasteiger partial charge in [-0.3, -0.25) is 9.69 Å². The molecule has 2 aromatic rings. The minimum absolute atomic E-state index is 0.0371. The zero-order valence-corrected chi connectivity index (χ0v) is 17.6. The third kappa shape index (κ3) is 5.36. The van der Waals surface area contributed by atoms with E-state index in [1.807, 2.05) is 12.1 Å². The van der Waals surface area contributed by atoms with Crippen molar-refractivity contribution < 1.29 is 18.7 Å². The number of nitrogens with zero attached hydrogens (tertiary/aromatic N) is 1. The number of hydrogen-bond donors (Lipinski definition) is 2. The van der Waals surface area contributed by atoms with Crippen LogP contribution in [0.15, 0.2) is 42.5 Å². The Kier molecular flexibility index (Phi) is 6.41. The zero-order valence-electron chi connectivity index (χ0n) is 17.6. The summed E-state index contributed by atoms with van der Waals surface area (Å²) >= 11 is 0. The van der Waals surface area contributed by atoms with Crippen LogP contribution in [-0.4, -0.2) is 31.2 Å². The minimum atomic E-state index is -0.444. The van der Waals surface area contributed by atoms with Crippen LogP contribution in [0.4, 0.5) is 14.9 Å². The first-order valence-electron chi connectivity index (χ1n) is 10.00. The van der Waals surface area contributed by atoms with Crippen LogP contribution in [0.3, 0.4) is 0 Å². The fourth-order valence-corrected chi connectivity index (χ4v) is 3.50. The molecule has 0 aliphatic carbocycles. The van der Waals surface area contributed by atoms with Gasteiger partial charge in [-0.2, -0.15) is 0 Å². The van der Waals surface area contributed by atoms with Crippen molar-refractivity contribution in [3.8, 4) is 11.1 Å². The molecule has 0 unspecified atom stereocenters. The lowest BCUT2D eigenvalue weighted by Crippen LogP contribution is -2.29. The summed E-state index contributed by atoms with van der Waals surface area (Å²) in [4.78, 5) is 25.0. The van der Waals surface area contributed by atoms with Gasteiger partial charge in [0.1, 0.15) is 11.9 Å². The predicted octanol–water partition coefficient (Wildman–Crippen LogP) is 3.83. The third-order valence-electron chi connectivity index (χ3n) is 4.92. The topological polar surface area (TPSA) is 84.7 Å². The highest BCUT2D eigenvalue weighted by Gasteiger charge is 2.35. The van der Waals surface area contributed by atoms with E-state index in [9.17, 15) is 14.0 Å². The number of carbonyl (C=O) groups is 2. The van der Waals surface area contributed by atoms with E-state index in [4.69, 9.17) is 10.5 Å². The summed E-state index contributed by atoms with van der Waals surface area (Å²) in [5.74, 6) is -0.644. The van der Waals surface area contributed by atoms with Crippen molar-refractivity contribution in [3.05, 3.63) is 53.8 Å². The van der Waals surface area contributed by atoms with Gasteiger partial charge in [-0.15, -0.1) is 0 Å². The van der Waals surface area contributed by atoms with Crippen LogP contribution >= 0.6 is 0 Å². The highest BCUT2D eigenvalue weighted by atomic mass is 19.1. The average Bonchev–Trinajstić information content (AvgIpc) is 3.04. The number of benzene rings is 2. The van der Waals surface area contributed by atoms with E-state index in [1.54, 1.807) is 24.3 Å². The van der Waals surface area contributed by atoms with E-state index in [2.05, 4.69) is 26.1 Å². The monoisotopic (exact) mass is 413 g/mol. The van der Waals surface area contributed by atoms with Crippen LogP contribution in [-0.2, 0) is 16.1 Å². The van der Waals surface area contributed by atoms with Crippen LogP contribution in [0.25, 0.3) is 11.1 Å². The van der Waals surface area contributed by atoms with E-state index in [1.165, 1.54) is 11.0 Å². The molecule has 2 amide bonds. The lowest BCUT2D eigenvalue weighted by atomic mass is 9.89. The maximum Gasteiger partial charge on any atom is 0.414 e. The Morgan fingerprint density at radius 1 is 1.23 bits per heavy atom. The van der Waals surface area contributed by atoms with Crippen LogP contribution in [0.2, 0.25) is 0 Å². The summed E-state index contributed by atoms with van der Waals surface area (Å²) < 4.78 is 20.3. The molecule has 1 aliphatic rings. The van der Waals surface area contributed by atoms with E-state index < -0.39 is 11.9 Å². The Labute approximate surface area is 176 Å². The first-order valence-corrected chi connectivity index (χ1v) is 10.00. The van der Waals surface area contributed by atoms with Gasteiger partial charge in [0, 0.05) is 12.1 Å². The molecule has 30 heavy (non-hydrogen) atoms. The van der Waals surface area contributed by atoms with E-state index in [0.717, 1.165) is 12.0 Å². The lowest BCUT2D eigenvalue weighted by Gasteiger charge is -2.21. The second kappa shape index (κ2) is 8.83. The Morgan fingerprint density at radius 3 is 2.53 bits per heavy atom. The molecule has 0 bridgehead atoms. The molecule has 7 heteroatoms. The Morgan fingerprint density at radius 2 is 1.93 bits per heavy atom. The summed E-state index contributed by atoms with van der Waals surface area (Å²) in [5, 5.41) is 2.69. The zero-order chi connectivity index (χ0) is 21.9. The molecule has 1 atom stereocenters. The Balaban J connectivity index is 1.71. The first kappa shape index (κ1) is 21.8. The maximum absolute atomic E-state index is 14.8. The molecule has 160 valence electrons. The quantitative estimate of drug-likeness (QED) is 0.754. The number of carbonyl (C=O) groups excluding carboxylic acids is 2. The highest BCUT2D eigenvalue weighted by Crippen LogP contribution is 2.32. The van der Waals surface area contributed by atoms with Crippen LogP contribution in [0, 0.1) is 11.2 Å². The van der Waals surface area contributed by atoms with Gasteiger partial charge in [0.25, 0.3) is 0 Å². The van der Waals surface area contributed by atoms with Crippen LogP contribution < -0.4 is 16.0 Å². The van der Waals surface area contributed by atoms with Gasteiger partial charge in [0.15, 0.2) is 0 Å². The molecular formula is C23H28FN3O3. The molecule has 1 fully saturated rings. The largest absolute Gasteiger partial charge is 0.444 e. The van der Waals surface area contributed by atoms with Gasteiger partial charge in [-0.25, -0.2) is 9.18 Å². The van der Waals surface area contributed by atoms with Crippen molar-refractivity contribution >= 4 is 17.7 Å². The number of nitrogens with two attached hydrogens (primary N) is 1. The number of anilines is 1. The average molecular weight is 413 g/mol. The summed E-state index contributed by atoms with van der Waals surface area (Å²) in [6.07, 6.45) is 0.0984. The van der Waals surface area contributed by atoms with E-state index in [0.29, 0.717) is 29.9 Å². The van der Waals surface area contributed by atoms with Crippen molar-refractivity contribution in [1.82, 2.24) is 5.32 Å². The Hall–Kier alpha value is -2.93. The highest BCUT2D eigenvalue weighted by molar-refractivity contribution is 5.90. The normalized spacial score (nSPS) is 16.5. The molecule has 3 N–H and O–H groups in total. The standard InChI is InChI=1S/C23H28FN3O3/c1-23(2,3)11-18-14-27(22(29)30-18)17-8-9-19(20(24)10-17)16-6-4-15(5-7-16)13-26-21(28)12-25/h4-10,18H,11-14,25H2,1-3H3,(H,26,28)/t18-/m1/s1. The molecule has 2 aromatic carbocycles. The molecule has 0 aromatic heterocycles. The number of nitrogens with one attached hydrogen (secondary N) is 1. The fourth-order valence-electron chi connectivity index (χ4n) is 3.50. The number of cyclic esters (lactones) is 1. The van der Waals surface area contributed by atoms with Gasteiger partial charge in [-0.05, 0) is 41.2 Å². The molecule has 0 spiro atoms. The molecule has 1 aliphatic heterocycles. The van der Waals surface area contributed by atoms with Crippen molar-refractivity contribution in [3.63, 3.8) is 0 Å². The van der Waals surface area contributed by atoms with Crippen molar-refractivity contribution in [2.75, 3.05) is 18.0 Å². The van der Waals surface area contributed by atoms with E-state index in [-0.39, 0.29) is 24.0 Å². The number of halogens is 1. The Bertz CT molecular complexity index is 922. The molecule has 1 heterocycles. The smallest absolute Gasteiger partial charge is 0.414 e. The second-order valence-electron chi connectivity index (χ2n) is 8.72. The van der Waals surface area contributed by atoms with Gasteiger partial charge in [-0.1, -0.05) is 45.0 Å². The summed E-state index contributed by atoms with van der Waals surface area (Å²) in [6, 6.07) is 12.0. The molecule has 0 radical (unpaired) electrons. The summed E-state index contributed by atoms with van der Waals surface area (Å²) in [6.45, 7) is 7.00. The lowest BCUT2D eigenvalue weighted by molar-refractivity contribution is -0.119. The maximum atomic E-state index is 14.8. The van der Waals surface area contributed by atoms with Gasteiger partial charge < -0.3 is 15.8 Å². The second-order valence-corrected chi connectivity index (χ2v) is 8.72. The number of rotatable bonds is 6.